The first-order valence-corrected chi connectivity index (χ1v) is 2.75. The molecule has 0 radical (unpaired) electrons. The first-order valence-electron chi connectivity index (χ1n) is 3.75. The van der Waals surface area contributed by atoms with Gasteiger partial charge in [0.1, 0.15) is 5.83 Å². The molecular formula is C7H9FO. The molecule has 0 aromatic carbocycles. The first-order chi connectivity index (χ1) is 5.00. The van der Waals surface area contributed by atoms with Crippen molar-refractivity contribution in [1.82, 2.24) is 0 Å². The fourth-order valence-corrected chi connectivity index (χ4v) is 0.726. The number of halogens is 1. The van der Waals surface area contributed by atoms with Crippen LogP contribution in [0.2, 0.25) is 0 Å². The molecule has 0 bridgehead atoms. The molecule has 0 saturated carbocycles. The SMILES string of the molecule is [2H]C([2H])(O)C1C=CCC(F)=C1. The van der Waals surface area contributed by atoms with E-state index in [1.807, 2.05) is 0 Å². The normalized spacial score (nSPS) is 30.9. The molecular weight excluding hydrogens is 119 g/mol. The maximum atomic E-state index is 12.5. The lowest BCUT2D eigenvalue weighted by atomic mass is 10.0. The van der Waals surface area contributed by atoms with E-state index < -0.39 is 18.3 Å². The maximum Gasteiger partial charge on any atom is 0.100 e. The fraction of sp³-hybridized carbons (Fsp3) is 0.429. The summed E-state index contributed by atoms with van der Waals surface area (Å²) in [4.78, 5) is 0. The van der Waals surface area contributed by atoms with Crippen LogP contribution in [0.3, 0.4) is 0 Å². The van der Waals surface area contributed by atoms with Crippen molar-refractivity contribution in [2.24, 2.45) is 5.92 Å². The van der Waals surface area contributed by atoms with E-state index in [1.54, 1.807) is 0 Å². The molecule has 0 aliphatic heterocycles. The van der Waals surface area contributed by atoms with Crippen LogP contribution in [0.15, 0.2) is 24.1 Å². The minimum atomic E-state index is -2.35. The summed E-state index contributed by atoms with van der Waals surface area (Å²) in [5, 5.41) is 8.83. The van der Waals surface area contributed by atoms with E-state index in [1.165, 1.54) is 12.2 Å². The van der Waals surface area contributed by atoms with Gasteiger partial charge >= 0.3 is 0 Å². The second-order valence-electron chi connectivity index (χ2n) is 1.90. The van der Waals surface area contributed by atoms with E-state index in [0.717, 1.165) is 6.08 Å². The zero-order valence-electron chi connectivity index (χ0n) is 6.84. The predicted octanol–water partition coefficient (Wildman–Crippen LogP) is 1.41. The van der Waals surface area contributed by atoms with Crippen LogP contribution in [-0.4, -0.2) is 11.7 Å². The van der Waals surface area contributed by atoms with Crippen LogP contribution in [0.5, 0.6) is 0 Å². The van der Waals surface area contributed by atoms with Crippen LogP contribution < -0.4 is 0 Å². The van der Waals surface area contributed by atoms with E-state index in [-0.39, 0.29) is 6.42 Å². The molecule has 0 heterocycles. The van der Waals surface area contributed by atoms with Crippen molar-refractivity contribution in [1.29, 1.82) is 0 Å². The number of aliphatic hydroxyl groups is 1. The number of allylic oxidation sites excluding steroid dienone is 2. The van der Waals surface area contributed by atoms with Gasteiger partial charge in [0.2, 0.25) is 0 Å². The molecule has 0 aromatic heterocycles. The second-order valence-corrected chi connectivity index (χ2v) is 1.90. The standard InChI is InChI=1S/C7H9FO/c8-7-3-1-2-6(4-7)5-9/h1-2,4,6,9H,3,5H2/i5D2. The maximum absolute atomic E-state index is 12.5. The highest BCUT2D eigenvalue weighted by Gasteiger charge is 2.05. The third-order valence-electron chi connectivity index (χ3n) is 1.17. The first kappa shape index (κ1) is 4.23. The van der Waals surface area contributed by atoms with Crippen LogP contribution in [0.25, 0.3) is 0 Å². The molecule has 0 aromatic rings. The van der Waals surface area contributed by atoms with Gasteiger partial charge in [-0.15, -0.1) is 0 Å². The Balaban J connectivity index is 2.74. The van der Waals surface area contributed by atoms with Crippen molar-refractivity contribution >= 4 is 0 Å². The van der Waals surface area contributed by atoms with E-state index >= 15 is 0 Å². The van der Waals surface area contributed by atoms with Crippen molar-refractivity contribution in [3.05, 3.63) is 24.1 Å². The Bertz CT molecular complexity index is 205. The van der Waals surface area contributed by atoms with Gasteiger partial charge in [-0.1, -0.05) is 12.2 Å². The molecule has 1 nitrogen and oxygen atoms in total. The average molecular weight is 130 g/mol. The van der Waals surface area contributed by atoms with Crippen molar-refractivity contribution in [2.75, 3.05) is 6.56 Å². The summed E-state index contributed by atoms with van der Waals surface area (Å²) in [5.41, 5.74) is 0. The molecule has 1 atom stereocenters. The molecule has 1 rings (SSSR count). The Morgan fingerprint density at radius 1 is 2.00 bits per heavy atom. The lowest BCUT2D eigenvalue weighted by molar-refractivity contribution is 0.271. The molecule has 2 heteroatoms. The molecule has 50 valence electrons. The lowest BCUT2D eigenvalue weighted by Gasteiger charge is -2.06. The van der Waals surface area contributed by atoms with Gasteiger partial charge in [-0.2, -0.15) is 0 Å². The minimum absolute atomic E-state index is 0.201. The Kier molecular flexibility index (Phi) is 1.31. The summed E-state index contributed by atoms with van der Waals surface area (Å²) in [6.45, 7) is -2.35. The minimum Gasteiger partial charge on any atom is -0.395 e. The number of hydrogen-bond donors (Lipinski definition) is 1. The van der Waals surface area contributed by atoms with Gasteiger partial charge in [-0.05, 0) is 6.08 Å². The number of hydrogen-bond acceptors (Lipinski definition) is 1. The molecule has 0 amide bonds. The van der Waals surface area contributed by atoms with Crippen LogP contribution in [0, 0.1) is 5.92 Å². The molecule has 9 heavy (non-hydrogen) atoms. The van der Waals surface area contributed by atoms with Gasteiger partial charge in [-0.25, -0.2) is 4.39 Å². The predicted molar refractivity (Wildman–Crippen MR) is 33.5 cm³/mol. The zero-order chi connectivity index (χ0) is 8.48. The Morgan fingerprint density at radius 2 is 2.78 bits per heavy atom. The molecule has 0 saturated heterocycles. The molecule has 1 unspecified atom stereocenters. The molecule has 0 fully saturated rings. The summed E-state index contributed by atoms with van der Waals surface area (Å²) in [6.07, 6.45) is 4.27. The van der Waals surface area contributed by atoms with E-state index in [2.05, 4.69) is 0 Å². The summed E-state index contributed by atoms with van der Waals surface area (Å²) >= 11 is 0. The largest absolute Gasteiger partial charge is 0.395 e. The summed E-state index contributed by atoms with van der Waals surface area (Å²) < 4.78 is 26.2. The quantitative estimate of drug-likeness (QED) is 0.532. The summed E-state index contributed by atoms with van der Waals surface area (Å²) in [5.74, 6) is -1.24. The molecule has 1 N–H and O–H groups in total. The third kappa shape index (κ3) is 1.64. The third-order valence-corrected chi connectivity index (χ3v) is 1.17. The van der Waals surface area contributed by atoms with Crippen molar-refractivity contribution in [3.63, 3.8) is 0 Å². The molecule has 1 aliphatic carbocycles. The van der Waals surface area contributed by atoms with E-state index in [4.69, 9.17) is 7.85 Å². The van der Waals surface area contributed by atoms with Gasteiger partial charge in [-0.3, -0.25) is 0 Å². The van der Waals surface area contributed by atoms with Crippen molar-refractivity contribution < 1.29 is 12.2 Å². The van der Waals surface area contributed by atoms with Gasteiger partial charge < -0.3 is 5.11 Å². The number of rotatable bonds is 1. The second kappa shape index (κ2) is 2.78. The van der Waals surface area contributed by atoms with Gasteiger partial charge in [0.05, 0.1) is 9.30 Å². The average Bonchev–Trinajstić information content (AvgIpc) is 1.86. The van der Waals surface area contributed by atoms with E-state index in [9.17, 15) is 4.39 Å². The van der Waals surface area contributed by atoms with Crippen LogP contribution in [-0.2, 0) is 0 Å². The smallest absolute Gasteiger partial charge is 0.100 e. The zero-order valence-corrected chi connectivity index (χ0v) is 4.84. The topological polar surface area (TPSA) is 20.2 Å². The Hall–Kier alpha value is -0.630. The Labute approximate surface area is 56.3 Å². The van der Waals surface area contributed by atoms with Crippen LogP contribution >= 0.6 is 0 Å². The van der Waals surface area contributed by atoms with Crippen LogP contribution in [0.4, 0.5) is 4.39 Å². The molecule has 1 aliphatic rings. The Morgan fingerprint density at radius 3 is 3.22 bits per heavy atom. The highest BCUT2D eigenvalue weighted by atomic mass is 19.1. The summed E-state index contributed by atoms with van der Waals surface area (Å²) in [7, 11) is 0. The summed E-state index contributed by atoms with van der Waals surface area (Å²) in [6, 6.07) is 0. The monoisotopic (exact) mass is 130 g/mol. The van der Waals surface area contributed by atoms with E-state index in [0.29, 0.717) is 0 Å². The van der Waals surface area contributed by atoms with Crippen molar-refractivity contribution in [2.45, 2.75) is 6.42 Å². The highest BCUT2D eigenvalue weighted by molar-refractivity contribution is 5.13. The van der Waals surface area contributed by atoms with Crippen molar-refractivity contribution in [3.8, 4) is 0 Å². The van der Waals surface area contributed by atoms with Gasteiger partial charge in [0.25, 0.3) is 0 Å². The highest BCUT2D eigenvalue weighted by Crippen LogP contribution is 2.15. The fourth-order valence-electron chi connectivity index (χ4n) is 0.726. The lowest BCUT2D eigenvalue weighted by Crippen LogP contribution is -2.01. The van der Waals surface area contributed by atoms with Crippen LogP contribution in [0.1, 0.15) is 9.16 Å². The van der Waals surface area contributed by atoms with Gasteiger partial charge in [0, 0.05) is 12.3 Å². The van der Waals surface area contributed by atoms with Gasteiger partial charge in [0.15, 0.2) is 0 Å². The molecule has 0 spiro atoms.